The predicted octanol–water partition coefficient (Wildman–Crippen LogP) is 4.81. The zero-order valence-corrected chi connectivity index (χ0v) is 11.8. The van der Waals surface area contributed by atoms with Gasteiger partial charge < -0.3 is 0 Å². The van der Waals surface area contributed by atoms with Gasteiger partial charge in [0.15, 0.2) is 0 Å². The second-order valence-corrected chi connectivity index (χ2v) is 5.06. The Morgan fingerprint density at radius 1 is 1.28 bits per heavy atom. The topological polar surface area (TPSA) is 17.1 Å². The zero-order chi connectivity index (χ0) is 13.5. The van der Waals surface area contributed by atoms with E-state index in [9.17, 15) is 9.18 Å². The van der Waals surface area contributed by atoms with E-state index in [1.165, 1.54) is 18.2 Å². The standard InChI is InChI=1S/C15H20ClFO/c1-3-5-11(6-4-2)15(18)10-12-9-13(17)7-8-14(12)16/h7-9,11H,3-6,10H2,1-2H3. The summed E-state index contributed by atoms with van der Waals surface area (Å²) in [5, 5.41) is 0.469. The summed E-state index contributed by atoms with van der Waals surface area (Å²) in [6, 6.07) is 4.18. The van der Waals surface area contributed by atoms with E-state index in [2.05, 4.69) is 13.8 Å². The molecule has 100 valence electrons. The van der Waals surface area contributed by atoms with Gasteiger partial charge >= 0.3 is 0 Å². The van der Waals surface area contributed by atoms with Gasteiger partial charge in [-0.2, -0.15) is 0 Å². The van der Waals surface area contributed by atoms with Crippen molar-refractivity contribution in [3.8, 4) is 0 Å². The smallest absolute Gasteiger partial charge is 0.140 e. The van der Waals surface area contributed by atoms with Crippen LogP contribution < -0.4 is 0 Å². The molecule has 1 aromatic carbocycles. The van der Waals surface area contributed by atoms with E-state index < -0.39 is 0 Å². The summed E-state index contributed by atoms with van der Waals surface area (Å²) in [4.78, 5) is 12.2. The summed E-state index contributed by atoms with van der Waals surface area (Å²) in [6.07, 6.45) is 4.03. The third kappa shape index (κ3) is 4.41. The molecule has 0 aliphatic carbocycles. The molecule has 0 heterocycles. The maximum atomic E-state index is 13.1. The van der Waals surface area contributed by atoms with Crippen LogP contribution in [0.1, 0.15) is 45.1 Å². The first-order valence-electron chi connectivity index (χ1n) is 6.55. The molecule has 0 aliphatic rings. The fourth-order valence-electron chi connectivity index (χ4n) is 2.17. The number of halogens is 2. The van der Waals surface area contributed by atoms with Gasteiger partial charge in [0, 0.05) is 17.4 Å². The van der Waals surface area contributed by atoms with Crippen LogP contribution in [0, 0.1) is 11.7 Å². The number of Topliss-reactive ketones (excluding diaryl/α,β-unsaturated/α-hetero) is 1. The highest BCUT2D eigenvalue weighted by Crippen LogP contribution is 2.22. The number of carbonyl (C=O) groups is 1. The lowest BCUT2D eigenvalue weighted by molar-refractivity contribution is -0.122. The molecule has 0 aromatic heterocycles. The van der Waals surface area contributed by atoms with Crippen molar-refractivity contribution in [2.75, 3.05) is 0 Å². The quantitative estimate of drug-likeness (QED) is 0.695. The maximum Gasteiger partial charge on any atom is 0.140 e. The summed E-state index contributed by atoms with van der Waals surface area (Å²) >= 11 is 5.98. The molecular formula is C15H20ClFO. The lowest BCUT2D eigenvalue weighted by Gasteiger charge is -2.14. The van der Waals surface area contributed by atoms with Crippen molar-refractivity contribution < 1.29 is 9.18 Å². The van der Waals surface area contributed by atoms with Crippen LogP contribution in [-0.2, 0) is 11.2 Å². The molecule has 0 atom stereocenters. The molecule has 0 amide bonds. The Hall–Kier alpha value is -0.890. The van der Waals surface area contributed by atoms with E-state index in [1.54, 1.807) is 0 Å². The Balaban J connectivity index is 2.75. The van der Waals surface area contributed by atoms with Gasteiger partial charge in [0.05, 0.1) is 0 Å². The third-order valence-electron chi connectivity index (χ3n) is 3.10. The van der Waals surface area contributed by atoms with E-state index in [1.807, 2.05) is 0 Å². The van der Waals surface area contributed by atoms with Crippen molar-refractivity contribution in [3.63, 3.8) is 0 Å². The van der Waals surface area contributed by atoms with E-state index in [0.29, 0.717) is 10.6 Å². The van der Waals surface area contributed by atoms with Crippen LogP contribution in [0.2, 0.25) is 5.02 Å². The SMILES string of the molecule is CCCC(CCC)C(=O)Cc1cc(F)ccc1Cl. The highest BCUT2D eigenvalue weighted by molar-refractivity contribution is 6.31. The van der Waals surface area contributed by atoms with Crippen LogP contribution in [-0.4, -0.2) is 5.78 Å². The largest absolute Gasteiger partial charge is 0.299 e. The molecule has 0 spiro atoms. The third-order valence-corrected chi connectivity index (χ3v) is 3.47. The molecule has 0 unspecified atom stereocenters. The second kappa shape index (κ2) is 7.52. The number of hydrogen-bond donors (Lipinski definition) is 0. The first-order chi connectivity index (χ1) is 8.58. The van der Waals surface area contributed by atoms with Crippen molar-refractivity contribution in [1.29, 1.82) is 0 Å². The van der Waals surface area contributed by atoms with Crippen LogP contribution in [0.5, 0.6) is 0 Å². The Kier molecular flexibility index (Phi) is 6.34. The van der Waals surface area contributed by atoms with Gasteiger partial charge in [-0.3, -0.25) is 4.79 Å². The summed E-state index contributed by atoms with van der Waals surface area (Å²) < 4.78 is 13.1. The summed E-state index contributed by atoms with van der Waals surface area (Å²) in [7, 11) is 0. The molecule has 0 aliphatic heterocycles. The molecule has 0 N–H and O–H groups in total. The maximum absolute atomic E-state index is 13.1. The van der Waals surface area contributed by atoms with Gasteiger partial charge in [-0.25, -0.2) is 4.39 Å². The molecular weight excluding hydrogens is 251 g/mol. The van der Waals surface area contributed by atoms with Crippen molar-refractivity contribution in [3.05, 3.63) is 34.6 Å². The van der Waals surface area contributed by atoms with Crippen LogP contribution in [0.25, 0.3) is 0 Å². The number of rotatable bonds is 7. The van der Waals surface area contributed by atoms with Gasteiger partial charge in [-0.05, 0) is 36.6 Å². The lowest BCUT2D eigenvalue weighted by atomic mass is 9.90. The highest BCUT2D eigenvalue weighted by Gasteiger charge is 2.18. The molecule has 1 aromatic rings. The Bertz CT molecular complexity index is 397. The van der Waals surface area contributed by atoms with E-state index in [0.717, 1.165) is 25.7 Å². The first kappa shape index (κ1) is 15.2. The summed E-state index contributed by atoms with van der Waals surface area (Å²) in [5.74, 6) is -0.0877. The molecule has 3 heteroatoms. The minimum atomic E-state index is -0.343. The number of benzene rings is 1. The number of hydrogen-bond acceptors (Lipinski definition) is 1. The Morgan fingerprint density at radius 3 is 2.44 bits per heavy atom. The van der Waals surface area contributed by atoms with E-state index in [4.69, 9.17) is 11.6 Å². The van der Waals surface area contributed by atoms with Crippen molar-refractivity contribution in [1.82, 2.24) is 0 Å². The minimum absolute atomic E-state index is 0.0827. The minimum Gasteiger partial charge on any atom is -0.299 e. The molecule has 0 fully saturated rings. The van der Waals surface area contributed by atoms with Gasteiger partial charge in [-0.1, -0.05) is 38.3 Å². The van der Waals surface area contributed by atoms with Crippen LogP contribution in [0.4, 0.5) is 4.39 Å². The van der Waals surface area contributed by atoms with Crippen molar-refractivity contribution in [2.24, 2.45) is 5.92 Å². The van der Waals surface area contributed by atoms with Crippen LogP contribution in [0.3, 0.4) is 0 Å². The number of carbonyl (C=O) groups excluding carboxylic acids is 1. The summed E-state index contributed by atoms with van der Waals surface area (Å²) in [5.41, 5.74) is 0.596. The molecule has 1 rings (SSSR count). The molecule has 0 saturated heterocycles. The normalized spacial score (nSPS) is 10.9. The number of ketones is 1. The van der Waals surface area contributed by atoms with Crippen LogP contribution >= 0.6 is 11.6 Å². The molecule has 0 bridgehead atoms. The molecule has 18 heavy (non-hydrogen) atoms. The van der Waals surface area contributed by atoms with E-state index in [-0.39, 0.29) is 23.9 Å². The Morgan fingerprint density at radius 2 is 1.89 bits per heavy atom. The molecule has 0 radical (unpaired) electrons. The average Bonchev–Trinajstić information content (AvgIpc) is 2.33. The monoisotopic (exact) mass is 270 g/mol. The van der Waals surface area contributed by atoms with Crippen molar-refractivity contribution in [2.45, 2.75) is 46.0 Å². The molecule has 0 saturated carbocycles. The van der Waals surface area contributed by atoms with Gasteiger partial charge in [0.25, 0.3) is 0 Å². The average molecular weight is 271 g/mol. The van der Waals surface area contributed by atoms with Gasteiger partial charge in [0.1, 0.15) is 11.6 Å². The van der Waals surface area contributed by atoms with Gasteiger partial charge in [0.2, 0.25) is 0 Å². The predicted molar refractivity (Wildman–Crippen MR) is 73.4 cm³/mol. The van der Waals surface area contributed by atoms with Crippen molar-refractivity contribution >= 4 is 17.4 Å². The van der Waals surface area contributed by atoms with Crippen LogP contribution in [0.15, 0.2) is 18.2 Å². The Labute approximate surface area is 113 Å². The summed E-state index contributed by atoms with van der Waals surface area (Å²) in [6.45, 7) is 4.15. The highest BCUT2D eigenvalue weighted by atomic mass is 35.5. The first-order valence-corrected chi connectivity index (χ1v) is 6.92. The fraction of sp³-hybridized carbons (Fsp3) is 0.533. The van der Waals surface area contributed by atoms with Gasteiger partial charge in [-0.15, -0.1) is 0 Å². The second-order valence-electron chi connectivity index (χ2n) is 4.65. The fourth-order valence-corrected chi connectivity index (χ4v) is 2.36. The van der Waals surface area contributed by atoms with E-state index >= 15 is 0 Å². The molecule has 1 nitrogen and oxygen atoms in total. The zero-order valence-electron chi connectivity index (χ0n) is 11.0. The lowest BCUT2D eigenvalue weighted by Crippen LogP contribution is -2.17.